The number of aliphatic hydroxyl groups is 1. The lowest BCUT2D eigenvalue weighted by atomic mass is 10.0. The number of hydrogen-bond donors (Lipinski definition) is 1. The number of hydrogen-bond acceptors (Lipinski definition) is 3. The minimum absolute atomic E-state index is 0.123. The first-order valence-corrected chi connectivity index (χ1v) is 7.74. The fraction of sp³-hybridized carbons (Fsp3) is 0.600. The molecule has 1 aromatic carbocycles. The van der Waals surface area contributed by atoms with Crippen LogP contribution < -0.4 is 0 Å². The number of rotatable bonds is 3. The molecule has 0 aromatic heterocycles. The predicted molar refractivity (Wildman–Crippen MR) is 84.7 cm³/mol. The van der Waals surface area contributed by atoms with Gasteiger partial charge in [0.2, 0.25) is 0 Å². The maximum absolute atomic E-state index is 10.6. The Hall–Kier alpha value is -0.320. The van der Waals surface area contributed by atoms with Crippen LogP contribution in [0.15, 0.2) is 18.2 Å². The van der Waals surface area contributed by atoms with E-state index in [9.17, 15) is 5.11 Å². The van der Waals surface area contributed by atoms with Gasteiger partial charge in [-0.15, -0.1) is 0 Å². The highest BCUT2D eigenvalue weighted by molar-refractivity contribution is 6.42. The molecule has 2 unspecified atom stereocenters. The molecule has 1 heterocycles. The zero-order chi connectivity index (χ0) is 14.7. The number of aliphatic hydroxyl groups excluding tert-OH is 1. The van der Waals surface area contributed by atoms with Crippen molar-refractivity contribution in [2.75, 3.05) is 33.7 Å². The van der Waals surface area contributed by atoms with E-state index in [4.69, 9.17) is 23.2 Å². The third kappa shape index (κ3) is 3.86. The third-order valence-electron chi connectivity index (χ3n) is 4.02. The van der Waals surface area contributed by atoms with Gasteiger partial charge in [0.05, 0.1) is 16.1 Å². The van der Waals surface area contributed by atoms with Gasteiger partial charge in [0.25, 0.3) is 0 Å². The van der Waals surface area contributed by atoms with E-state index in [-0.39, 0.29) is 6.04 Å². The summed E-state index contributed by atoms with van der Waals surface area (Å²) in [6.45, 7) is 2.96. The molecule has 5 heteroatoms. The minimum Gasteiger partial charge on any atom is -0.391 e. The van der Waals surface area contributed by atoms with E-state index in [1.165, 1.54) is 0 Å². The summed E-state index contributed by atoms with van der Waals surface area (Å²) < 4.78 is 0. The Morgan fingerprint density at radius 2 is 2.05 bits per heavy atom. The molecule has 1 fully saturated rings. The van der Waals surface area contributed by atoms with E-state index in [1.807, 2.05) is 12.1 Å². The molecule has 20 heavy (non-hydrogen) atoms. The summed E-state index contributed by atoms with van der Waals surface area (Å²) in [5, 5.41) is 11.7. The molecule has 1 N–H and O–H groups in total. The molecule has 0 bridgehead atoms. The van der Waals surface area contributed by atoms with Gasteiger partial charge in [0, 0.05) is 19.0 Å². The summed E-state index contributed by atoms with van der Waals surface area (Å²) in [6, 6.07) is 5.69. The SMILES string of the molecule is CN1CCCN(C)C(C(O)Cc2cccc(Cl)c2Cl)C1. The predicted octanol–water partition coefficient (Wildman–Crippen LogP) is 2.53. The second-order valence-corrected chi connectivity index (χ2v) is 6.43. The van der Waals surface area contributed by atoms with Crippen molar-refractivity contribution in [2.24, 2.45) is 0 Å². The first kappa shape index (κ1) is 16.1. The molecule has 0 saturated carbocycles. The Kier molecular flexibility index (Phi) is 5.70. The monoisotopic (exact) mass is 316 g/mol. The highest BCUT2D eigenvalue weighted by Gasteiger charge is 2.27. The molecule has 0 amide bonds. The van der Waals surface area contributed by atoms with E-state index >= 15 is 0 Å². The summed E-state index contributed by atoms with van der Waals surface area (Å²) in [7, 11) is 4.18. The Bertz CT molecular complexity index is 455. The Labute approximate surface area is 131 Å². The van der Waals surface area contributed by atoms with Gasteiger partial charge in [-0.25, -0.2) is 0 Å². The zero-order valence-electron chi connectivity index (χ0n) is 12.0. The molecule has 1 aliphatic rings. The number of halogens is 2. The number of nitrogens with zero attached hydrogens (tertiary/aromatic N) is 2. The second kappa shape index (κ2) is 7.10. The van der Waals surface area contributed by atoms with Gasteiger partial charge >= 0.3 is 0 Å². The summed E-state index contributed by atoms with van der Waals surface area (Å²) >= 11 is 12.2. The Balaban J connectivity index is 2.09. The lowest BCUT2D eigenvalue weighted by molar-refractivity contribution is 0.0581. The van der Waals surface area contributed by atoms with Crippen LogP contribution in [-0.2, 0) is 6.42 Å². The van der Waals surface area contributed by atoms with Gasteiger partial charge in [0.15, 0.2) is 0 Å². The molecule has 112 valence electrons. The molecule has 1 aromatic rings. The molecule has 0 radical (unpaired) electrons. The maximum Gasteiger partial charge on any atom is 0.0748 e. The first-order chi connectivity index (χ1) is 9.49. The maximum atomic E-state index is 10.6. The van der Waals surface area contributed by atoms with E-state index < -0.39 is 6.10 Å². The van der Waals surface area contributed by atoms with E-state index in [0.29, 0.717) is 16.5 Å². The van der Waals surface area contributed by atoms with Crippen LogP contribution in [0.5, 0.6) is 0 Å². The molecule has 2 atom stereocenters. The summed E-state index contributed by atoms with van der Waals surface area (Å²) in [4.78, 5) is 4.52. The van der Waals surface area contributed by atoms with Crippen molar-refractivity contribution in [3.8, 4) is 0 Å². The molecule has 3 nitrogen and oxygen atoms in total. The van der Waals surface area contributed by atoms with Gasteiger partial charge in [0.1, 0.15) is 0 Å². The van der Waals surface area contributed by atoms with Gasteiger partial charge in [-0.05, 0) is 45.2 Å². The smallest absolute Gasteiger partial charge is 0.0748 e. The van der Waals surface area contributed by atoms with Crippen molar-refractivity contribution in [2.45, 2.75) is 25.0 Å². The second-order valence-electron chi connectivity index (χ2n) is 5.65. The quantitative estimate of drug-likeness (QED) is 0.928. The molecule has 1 saturated heterocycles. The lowest BCUT2D eigenvalue weighted by Gasteiger charge is -2.31. The fourth-order valence-electron chi connectivity index (χ4n) is 2.79. The van der Waals surface area contributed by atoms with E-state index in [2.05, 4.69) is 23.9 Å². The van der Waals surface area contributed by atoms with Crippen LogP contribution in [0, 0.1) is 0 Å². The normalized spacial score (nSPS) is 23.6. The molecule has 2 rings (SSSR count). The molecular formula is C15H22Cl2N2O. The highest BCUT2D eigenvalue weighted by atomic mass is 35.5. The van der Waals surface area contributed by atoms with Gasteiger partial charge < -0.3 is 10.0 Å². The van der Waals surface area contributed by atoms with Gasteiger partial charge in [-0.1, -0.05) is 35.3 Å². The van der Waals surface area contributed by atoms with Gasteiger partial charge in [-0.2, -0.15) is 0 Å². The molecule has 0 spiro atoms. The lowest BCUT2D eigenvalue weighted by Crippen LogP contribution is -2.47. The Morgan fingerprint density at radius 3 is 2.80 bits per heavy atom. The summed E-state index contributed by atoms with van der Waals surface area (Å²) in [6.07, 6.45) is 1.22. The van der Waals surface area contributed by atoms with Crippen molar-refractivity contribution >= 4 is 23.2 Å². The fourth-order valence-corrected chi connectivity index (χ4v) is 3.19. The summed E-state index contributed by atoms with van der Waals surface area (Å²) in [5.41, 5.74) is 0.909. The molecule has 1 aliphatic heterocycles. The standard InChI is InChI=1S/C15H22Cl2N2O/c1-18-7-4-8-19(2)13(10-18)14(20)9-11-5-3-6-12(16)15(11)17/h3,5-6,13-14,20H,4,7-10H2,1-2H3. The third-order valence-corrected chi connectivity index (χ3v) is 4.88. The van der Waals surface area contributed by atoms with Crippen molar-refractivity contribution in [3.05, 3.63) is 33.8 Å². The van der Waals surface area contributed by atoms with E-state index in [0.717, 1.165) is 31.6 Å². The van der Waals surface area contributed by atoms with Crippen molar-refractivity contribution < 1.29 is 5.11 Å². The van der Waals surface area contributed by atoms with Crippen LogP contribution in [0.1, 0.15) is 12.0 Å². The van der Waals surface area contributed by atoms with Gasteiger partial charge in [-0.3, -0.25) is 4.90 Å². The number of likely N-dealkylation sites (N-methyl/N-ethyl adjacent to an activating group) is 2. The largest absolute Gasteiger partial charge is 0.391 e. The number of benzene rings is 1. The average Bonchev–Trinajstić information content (AvgIpc) is 2.57. The zero-order valence-corrected chi connectivity index (χ0v) is 13.5. The molecular weight excluding hydrogens is 295 g/mol. The van der Waals surface area contributed by atoms with Crippen LogP contribution in [0.2, 0.25) is 10.0 Å². The van der Waals surface area contributed by atoms with E-state index in [1.54, 1.807) is 6.07 Å². The summed E-state index contributed by atoms with van der Waals surface area (Å²) in [5.74, 6) is 0. The average molecular weight is 317 g/mol. The molecule has 0 aliphatic carbocycles. The first-order valence-electron chi connectivity index (χ1n) is 6.98. The topological polar surface area (TPSA) is 26.7 Å². The van der Waals surface area contributed by atoms with Crippen molar-refractivity contribution in [1.82, 2.24) is 9.80 Å². The van der Waals surface area contributed by atoms with Crippen LogP contribution in [0.3, 0.4) is 0 Å². The van der Waals surface area contributed by atoms with Crippen LogP contribution in [-0.4, -0.2) is 60.8 Å². The van der Waals surface area contributed by atoms with Crippen LogP contribution in [0.4, 0.5) is 0 Å². The van der Waals surface area contributed by atoms with Crippen LogP contribution >= 0.6 is 23.2 Å². The minimum atomic E-state index is -0.448. The highest BCUT2D eigenvalue weighted by Crippen LogP contribution is 2.27. The Morgan fingerprint density at radius 1 is 1.30 bits per heavy atom. The van der Waals surface area contributed by atoms with Crippen LogP contribution in [0.25, 0.3) is 0 Å². The van der Waals surface area contributed by atoms with Crippen molar-refractivity contribution in [1.29, 1.82) is 0 Å². The van der Waals surface area contributed by atoms with Crippen molar-refractivity contribution in [3.63, 3.8) is 0 Å².